The SMILES string of the molecule is CC1(C)c2ccc([nH]2)C=Nc2cc3ccccc3cc2N=Cc2ccc([nH]2)C(C)(C)c2ccc([nH]2)C=Nc2cc3ccccc3cc2N=Cc2ccc1[nH]2. The molecule has 0 saturated carbocycles. The predicted molar refractivity (Wildman–Crippen MR) is 224 cm³/mol. The van der Waals surface area contributed by atoms with Crippen molar-refractivity contribution in [1.29, 1.82) is 0 Å². The van der Waals surface area contributed by atoms with Gasteiger partial charge in [0.1, 0.15) is 0 Å². The second kappa shape index (κ2) is 13.0. The van der Waals surface area contributed by atoms with E-state index in [0.717, 1.165) is 89.8 Å². The lowest BCUT2D eigenvalue weighted by Gasteiger charge is -2.22. The number of benzene rings is 4. The van der Waals surface area contributed by atoms with Crippen LogP contribution in [0.4, 0.5) is 22.7 Å². The Hall–Kier alpha value is -6.80. The zero-order valence-electron chi connectivity index (χ0n) is 30.6. The highest BCUT2D eigenvalue weighted by molar-refractivity contribution is 5.95. The Morgan fingerprint density at radius 2 is 0.574 bits per heavy atom. The van der Waals surface area contributed by atoms with Crippen LogP contribution in [-0.2, 0) is 10.8 Å². The average molecular weight is 705 g/mol. The van der Waals surface area contributed by atoms with Crippen LogP contribution >= 0.6 is 0 Å². The summed E-state index contributed by atoms with van der Waals surface area (Å²) in [6, 6.07) is 41.8. The molecule has 264 valence electrons. The smallest absolute Gasteiger partial charge is 0.0893 e. The highest BCUT2D eigenvalue weighted by Crippen LogP contribution is 2.36. The molecule has 9 rings (SSSR count). The Labute approximate surface area is 313 Å². The molecular formula is C46H40N8. The van der Waals surface area contributed by atoms with E-state index in [9.17, 15) is 0 Å². The zero-order chi connectivity index (χ0) is 36.9. The summed E-state index contributed by atoms with van der Waals surface area (Å²) < 4.78 is 0. The van der Waals surface area contributed by atoms with Gasteiger partial charge in [-0.05, 0) is 122 Å². The molecule has 8 nitrogen and oxygen atoms in total. The molecule has 0 atom stereocenters. The summed E-state index contributed by atoms with van der Waals surface area (Å²) >= 11 is 0. The maximum atomic E-state index is 4.96. The third kappa shape index (κ3) is 6.21. The first-order chi connectivity index (χ1) is 26.2. The summed E-state index contributed by atoms with van der Waals surface area (Å²) in [5.41, 5.74) is 10.4. The largest absolute Gasteiger partial charge is 0.357 e. The maximum absolute atomic E-state index is 4.96. The van der Waals surface area contributed by atoms with Gasteiger partial charge in [0.2, 0.25) is 0 Å². The Morgan fingerprint density at radius 1 is 0.333 bits per heavy atom. The van der Waals surface area contributed by atoms with Gasteiger partial charge in [0.25, 0.3) is 0 Å². The van der Waals surface area contributed by atoms with E-state index in [2.05, 4.69) is 145 Å². The van der Waals surface area contributed by atoms with E-state index >= 15 is 0 Å². The molecule has 4 N–H and O–H groups in total. The summed E-state index contributed by atoms with van der Waals surface area (Å²) in [4.78, 5) is 34.3. The lowest BCUT2D eigenvalue weighted by atomic mass is 9.86. The summed E-state index contributed by atoms with van der Waals surface area (Å²) in [6.45, 7) is 8.80. The molecule has 0 aliphatic carbocycles. The van der Waals surface area contributed by atoms with Crippen LogP contribution in [0.15, 0.2) is 141 Å². The number of aromatic nitrogens is 4. The van der Waals surface area contributed by atoms with Crippen LogP contribution in [0.1, 0.15) is 73.2 Å². The van der Waals surface area contributed by atoms with Gasteiger partial charge in [0, 0.05) is 33.6 Å². The van der Waals surface area contributed by atoms with E-state index in [4.69, 9.17) is 20.0 Å². The Balaban J connectivity index is 1.15. The molecule has 54 heavy (non-hydrogen) atoms. The van der Waals surface area contributed by atoms with E-state index < -0.39 is 0 Å². The number of nitrogens with one attached hydrogen (secondary N) is 4. The first kappa shape index (κ1) is 33.1. The van der Waals surface area contributed by atoms with Crippen LogP contribution in [0.2, 0.25) is 0 Å². The predicted octanol–water partition coefficient (Wildman–Crippen LogP) is 11.3. The molecule has 4 aromatic carbocycles. The molecule has 0 fully saturated rings. The van der Waals surface area contributed by atoms with Crippen molar-refractivity contribution in [3.05, 3.63) is 167 Å². The van der Waals surface area contributed by atoms with Crippen molar-refractivity contribution in [3.63, 3.8) is 0 Å². The van der Waals surface area contributed by atoms with Gasteiger partial charge in [-0.3, -0.25) is 20.0 Å². The van der Waals surface area contributed by atoms with E-state index in [0.29, 0.717) is 0 Å². The summed E-state index contributed by atoms with van der Waals surface area (Å²) in [6.07, 6.45) is 7.51. The Kier molecular flexibility index (Phi) is 7.96. The van der Waals surface area contributed by atoms with Gasteiger partial charge in [-0.1, -0.05) is 48.5 Å². The lowest BCUT2D eigenvalue weighted by molar-refractivity contribution is 0.603. The van der Waals surface area contributed by atoms with Gasteiger partial charge >= 0.3 is 0 Å². The molecule has 5 heterocycles. The van der Waals surface area contributed by atoms with Crippen molar-refractivity contribution in [2.75, 3.05) is 0 Å². The first-order valence-corrected chi connectivity index (χ1v) is 18.2. The second-order valence-electron chi connectivity index (χ2n) is 15.0. The molecule has 1 aliphatic heterocycles. The van der Waals surface area contributed by atoms with E-state index in [-0.39, 0.29) is 10.8 Å². The van der Waals surface area contributed by atoms with Crippen LogP contribution in [-0.4, -0.2) is 44.8 Å². The highest BCUT2D eigenvalue weighted by atomic mass is 14.9. The third-order valence-electron chi connectivity index (χ3n) is 10.6. The van der Waals surface area contributed by atoms with Crippen LogP contribution in [0.5, 0.6) is 0 Å². The molecular weight excluding hydrogens is 665 g/mol. The first-order valence-electron chi connectivity index (χ1n) is 18.2. The van der Waals surface area contributed by atoms with Crippen LogP contribution in [0.25, 0.3) is 21.5 Å². The zero-order valence-corrected chi connectivity index (χ0v) is 30.6. The van der Waals surface area contributed by atoms with Crippen molar-refractivity contribution < 1.29 is 0 Å². The third-order valence-corrected chi connectivity index (χ3v) is 10.6. The number of nitrogens with zero attached hydrogens (tertiary/aromatic N) is 4. The molecule has 0 unspecified atom stereocenters. The van der Waals surface area contributed by atoms with Gasteiger partial charge in [-0.2, -0.15) is 0 Å². The molecule has 4 aromatic heterocycles. The van der Waals surface area contributed by atoms with Gasteiger partial charge in [0.15, 0.2) is 0 Å². The lowest BCUT2D eigenvalue weighted by Crippen LogP contribution is -2.20. The molecule has 8 aromatic rings. The number of hydrogen-bond donors (Lipinski definition) is 4. The molecule has 0 spiro atoms. The number of fused-ring (bicyclic) bond motifs is 12. The van der Waals surface area contributed by atoms with E-state index in [1.54, 1.807) is 0 Å². The number of rotatable bonds is 0. The van der Waals surface area contributed by atoms with Crippen LogP contribution < -0.4 is 0 Å². The Morgan fingerprint density at radius 3 is 0.815 bits per heavy atom. The summed E-state index contributed by atoms with van der Waals surface area (Å²) in [5.74, 6) is 0. The number of aliphatic imine (C=N–C) groups is 4. The topological polar surface area (TPSA) is 113 Å². The quantitative estimate of drug-likeness (QED) is 0.120. The van der Waals surface area contributed by atoms with Gasteiger partial charge in [-0.15, -0.1) is 0 Å². The summed E-state index contributed by atoms with van der Waals surface area (Å²) in [7, 11) is 0. The fourth-order valence-corrected chi connectivity index (χ4v) is 7.10. The van der Waals surface area contributed by atoms with Gasteiger partial charge in [0.05, 0.1) is 70.4 Å². The molecule has 0 saturated heterocycles. The monoisotopic (exact) mass is 704 g/mol. The molecule has 8 heteroatoms. The normalized spacial score (nSPS) is 15.0. The minimum atomic E-state index is -0.335. The van der Waals surface area contributed by atoms with Gasteiger partial charge < -0.3 is 19.9 Å². The average Bonchev–Trinajstić information content (AvgIpc) is 4.02. The standard InChI is InChI=1S/C46H40N8/c1-45(2)41-17-13-33(51-41)25-47-37-21-29-9-5-7-11-31(29)23-39(37)49-27-35-15-19-43(53-35)46(3,4)44-20-16-36(54-44)28-50-40-24-32-12-8-6-10-30(32)22-38(40)48-26-34-14-18-42(45)52-34/h5-28,51-54H,1-4H3. The molecule has 1 aliphatic rings. The highest BCUT2D eigenvalue weighted by Gasteiger charge is 2.27. The van der Waals surface area contributed by atoms with Crippen molar-refractivity contribution in [2.45, 2.75) is 38.5 Å². The van der Waals surface area contributed by atoms with E-state index in [1.165, 1.54) is 0 Å². The minimum Gasteiger partial charge on any atom is -0.357 e. The minimum absolute atomic E-state index is 0.335. The van der Waals surface area contributed by atoms with Crippen molar-refractivity contribution >= 4 is 69.2 Å². The number of hydrogen-bond acceptors (Lipinski definition) is 4. The van der Waals surface area contributed by atoms with Gasteiger partial charge in [-0.25, -0.2) is 0 Å². The van der Waals surface area contributed by atoms with Crippen molar-refractivity contribution in [2.24, 2.45) is 20.0 Å². The fourth-order valence-electron chi connectivity index (χ4n) is 7.10. The fraction of sp³-hybridized carbons (Fsp3) is 0.130. The second-order valence-corrected chi connectivity index (χ2v) is 15.0. The van der Waals surface area contributed by atoms with Crippen molar-refractivity contribution in [1.82, 2.24) is 19.9 Å². The molecule has 8 bridgehead atoms. The molecule has 0 radical (unpaired) electrons. The summed E-state index contributed by atoms with van der Waals surface area (Å²) in [5, 5.41) is 4.44. The van der Waals surface area contributed by atoms with Crippen LogP contribution in [0.3, 0.4) is 0 Å². The number of aromatic amines is 4. The molecule has 0 amide bonds. The Bertz CT molecular complexity index is 2410. The number of H-pyrrole nitrogens is 4. The maximum Gasteiger partial charge on any atom is 0.0893 e. The van der Waals surface area contributed by atoms with Crippen LogP contribution in [0, 0.1) is 0 Å². The van der Waals surface area contributed by atoms with E-state index in [1.807, 2.05) is 49.1 Å². The van der Waals surface area contributed by atoms with Crippen molar-refractivity contribution in [3.8, 4) is 0 Å².